The van der Waals surface area contributed by atoms with Crippen LogP contribution in [0.2, 0.25) is 0 Å². The lowest BCUT2D eigenvalue weighted by atomic mass is 9.97. The monoisotopic (exact) mass is 339 g/mol. The minimum absolute atomic E-state index is 0.00992. The maximum Gasteiger partial charge on any atom is 0.251 e. The second kappa shape index (κ2) is 8.07. The molecular formula is C19H25N5O. The maximum absolute atomic E-state index is 12.3. The van der Waals surface area contributed by atoms with Gasteiger partial charge >= 0.3 is 0 Å². The fourth-order valence-electron chi connectivity index (χ4n) is 3.34. The van der Waals surface area contributed by atoms with E-state index in [-0.39, 0.29) is 5.91 Å². The molecule has 1 aliphatic rings. The van der Waals surface area contributed by atoms with Crippen LogP contribution >= 0.6 is 0 Å². The molecule has 3 rings (SSSR count). The van der Waals surface area contributed by atoms with Crippen molar-refractivity contribution in [2.24, 2.45) is 5.92 Å². The molecule has 3 heterocycles. The molecule has 0 saturated carbocycles. The first kappa shape index (κ1) is 17.4. The SMILES string of the molecule is C=Cn1cc(CN2CCCC(CNC(=O)c3ccncc3C)C2)cn1. The molecule has 0 spiro atoms. The Hall–Kier alpha value is -2.47. The molecule has 1 N–H and O–H groups in total. The predicted molar refractivity (Wildman–Crippen MR) is 97.9 cm³/mol. The van der Waals surface area contributed by atoms with E-state index >= 15 is 0 Å². The third kappa shape index (κ3) is 4.54. The van der Waals surface area contributed by atoms with Gasteiger partial charge in [0.25, 0.3) is 5.91 Å². The quantitative estimate of drug-likeness (QED) is 0.877. The van der Waals surface area contributed by atoms with E-state index in [4.69, 9.17) is 0 Å². The lowest BCUT2D eigenvalue weighted by Crippen LogP contribution is -2.40. The van der Waals surface area contributed by atoms with Gasteiger partial charge in [-0.1, -0.05) is 6.58 Å². The van der Waals surface area contributed by atoms with E-state index in [1.54, 1.807) is 29.3 Å². The molecule has 0 radical (unpaired) electrons. The highest BCUT2D eigenvalue weighted by atomic mass is 16.1. The maximum atomic E-state index is 12.3. The molecule has 1 saturated heterocycles. The Labute approximate surface area is 148 Å². The fourth-order valence-corrected chi connectivity index (χ4v) is 3.34. The van der Waals surface area contributed by atoms with Crippen molar-refractivity contribution in [3.63, 3.8) is 0 Å². The Bertz CT molecular complexity index is 739. The van der Waals surface area contributed by atoms with Gasteiger partial charge in [-0.15, -0.1) is 0 Å². The average Bonchev–Trinajstić information content (AvgIpc) is 3.08. The first-order valence-electron chi connectivity index (χ1n) is 8.72. The van der Waals surface area contributed by atoms with Crippen LogP contribution in [0.1, 0.15) is 34.3 Å². The molecule has 0 aliphatic carbocycles. The Morgan fingerprint density at radius 3 is 3.12 bits per heavy atom. The van der Waals surface area contributed by atoms with Gasteiger partial charge in [0.2, 0.25) is 0 Å². The molecule has 132 valence electrons. The summed E-state index contributed by atoms with van der Waals surface area (Å²) in [6.45, 7) is 9.32. The normalized spacial score (nSPS) is 18.0. The van der Waals surface area contributed by atoms with Crippen LogP contribution in [-0.4, -0.2) is 45.2 Å². The van der Waals surface area contributed by atoms with E-state index < -0.39 is 0 Å². The molecule has 1 atom stereocenters. The van der Waals surface area contributed by atoms with Crippen molar-refractivity contribution in [2.45, 2.75) is 26.3 Å². The highest BCUT2D eigenvalue weighted by molar-refractivity contribution is 5.95. The van der Waals surface area contributed by atoms with Crippen LogP contribution in [0.15, 0.2) is 37.4 Å². The lowest BCUT2D eigenvalue weighted by molar-refractivity contribution is 0.0930. The summed E-state index contributed by atoms with van der Waals surface area (Å²) in [5, 5.41) is 7.31. The van der Waals surface area contributed by atoms with Crippen LogP contribution < -0.4 is 5.32 Å². The van der Waals surface area contributed by atoms with Crippen LogP contribution in [0.25, 0.3) is 6.20 Å². The number of amides is 1. The number of pyridine rings is 1. The summed E-state index contributed by atoms with van der Waals surface area (Å²) in [6, 6.07) is 1.77. The second-order valence-corrected chi connectivity index (χ2v) is 6.66. The van der Waals surface area contributed by atoms with Gasteiger partial charge in [0.05, 0.1) is 6.20 Å². The van der Waals surface area contributed by atoms with Gasteiger partial charge in [0, 0.05) is 55.6 Å². The number of hydrogen-bond acceptors (Lipinski definition) is 4. The molecule has 0 aromatic carbocycles. The van der Waals surface area contributed by atoms with Crippen LogP contribution in [0.3, 0.4) is 0 Å². The van der Waals surface area contributed by atoms with Crippen molar-refractivity contribution in [2.75, 3.05) is 19.6 Å². The highest BCUT2D eigenvalue weighted by Crippen LogP contribution is 2.18. The summed E-state index contributed by atoms with van der Waals surface area (Å²) in [7, 11) is 0. The largest absolute Gasteiger partial charge is 0.352 e. The molecule has 6 nitrogen and oxygen atoms in total. The van der Waals surface area contributed by atoms with Gasteiger partial charge in [-0.05, 0) is 43.9 Å². The molecule has 1 aliphatic heterocycles. The van der Waals surface area contributed by atoms with Gasteiger partial charge in [0.15, 0.2) is 0 Å². The fraction of sp³-hybridized carbons (Fsp3) is 0.421. The molecule has 25 heavy (non-hydrogen) atoms. The number of nitrogens with one attached hydrogen (secondary N) is 1. The number of carbonyl (C=O) groups excluding carboxylic acids is 1. The molecule has 1 fully saturated rings. The van der Waals surface area contributed by atoms with Crippen molar-refractivity contribution in [1.82, 2.24) is 25.0 Å². The van der Waals surface area contributed by atoms with Gasteiger partial charge in [-0.3, -0.25) is 14.7 Å². The average molecular weight is 339 g/mol. The van der Waals surface area contributed by atoms with E-state index in [1.165, 1.54) is 5.56 Å². The number of aromatic nitrogens is 3. The minimum atomic E-state index is -0.00992. The van der Waals surface area contributed by atoms with Crippen LogP contribution in [0.5, 0.6) is 0 Å². The van der Waals surface area contributed by atoms with E-state index in [0.29, 0.717) is 18.0 Å². The minimum Gasteiger partial charge on any atom is -0.352 e. The smallest absolute Gasteiger partial charge is 0.251 e. The number of piperidine rings is 1. The van der Waals surface area contributed by atoms with Crippen LogP contribution in [0, 0.1) is 12.8 Å². The summed E-state index contributed by atoms with van der Waals surface area (Å²) in [5.41, 5.74) is 2.81. The molecule has 1 amide bonds. The van der Waals surface area contributed by atoms with E-state index in [9.17, 15) is 4.79 Å². The molecular weight excluding hydrogens is 314 g/mol. The number of likely N-dealkylation sites (tertiary alicyclic amines) is 1. The molecule has 6 heteroatoms. The first-order chi connectivity index (χ1) is 12.2. The second-order valence-electron chi connectivity index (χ2n) is 6.66. The number of rotatable bonds is 6. The van der Waals surface area contributed by atoms with Crippen molar-refractivity contribution >= 4 is 12.1 Å². The zero-order valence-corrected chi connectivity index (χ0v) is 14.7. The standard InChI is InChI=1S/C19H25N5O/c1-3-24-14-17(11-22-24)13-23-8-4-5-16(12-23)10-21-19(25)18-6-7-20-9-15(18)2/h3,6-7,9,11,14,16H,1,4-5,8,10,12-13H2,2H3,(H,21,25). The molecule has 2 aromatic rings. The summed E-state index contributed by atoms with van der Waals surface area (Å²) >= 11 is 0. The summed E-state index contributed by atoms with van der Waals surface area (Å²) in [4.78, 5) is 18.8. The van der Waals surface area contributed by atoms with Crippen molar-refractivity contribution in [3.8, 4) is 0 Å². The van der Waals surface area contributed by atoms with Crippen molar-refractivity contribution < 1.29 is 4.79 Å². The van der Waals surface area contributed by atoms with Gasteiger partial charge in [-0.2, -0.15) is 5.10 Å². The Balaban J connectivity index is 1.50. The van der Waals surface area contributed by atoms with Crippen LogP contribution in [0.4, 0.5) is 0 Å². The highest BCUT2D eigenvalue weighted by Gasteiger charge is 2.21. The van der Waals surface area contributed by atoms with Gasteiger partial charge < -0.3 is 5.32 Å². The third-order valence-corrected chi connectivity index (χ3v) is 4.67. The summed E-state index contributed by atoms with van der Waals surface area (Å²) in [6.07, 6.45) is 11.3. The third-order valence-electron chi connectivity index (χ3n) is 4.67. The number of carbonyl (C=O) groups is 1. The van der Waals surface area contributed by atoms with E-state index in [0.717, 1.165) is 38.0 Å². The zero-order valence-electron chi connectivity index (χ0n) is 14.7. The Kier molecular flexibility index (Phi) is 5.60. The summed E-state index contributed by atoms with van der Waals surface area (Å²) in [5.74, 6) is 0.471. The van der Waals surface area contributed by atoms with Crippen molar-refractivity contribution in [1.29, 1.82) is 0 Å². The Morgan fingerprint density at radius 2 is 2.36 bits per heavy atom. The number of hydrogen-bond donors (Lipinski definition) is 1. The van der Waals surface area contributed by atoms with E-state index in [1.807, 2.05) is 19.3 Å². The first-order valence-corrected chi connectivity index (χ1v) is 8.72. The molecule has 0 bridgehead atoms. The predicted octanol–water partition coefficient (Wildman–Crippen LogP) is 2.33. The Morgan fingerprint density at radius 1 is 1.48 bits per heavy atom. The van der Waals surface area contributed by atoms with Crippen molar-refractivity contribution in [3.05, 3.63) is 54.1 Å². The zero-order chi connectivity index (χ0) is 17.6. The topological polar surface area (TPSA) is 63.0 Å². The van der Waals surface area contributed by atoms with Crippen LogP contribution in [-0.2, 0) is 6.54 Å². The van der Waals surface area contributed by atoms with Gasteiger partial charge in [0.1, 0.15) is 0 Å². The summed E-state index contributed by atoms with van der Waals surface area (Å²) < 4.78 is 1.73. The number of aryl methyl sites for hydroxylation is 1. The molecule has 1 unspecified atom stereocenters. The van der Waals surface area contributed by atoms with Gasteiger partial charge in [-0.25, -0.2) is 4.68 Å². The molecule has 2 aromatic heterocycles. The van der Waals surface area contributed by atoms with E-state index in [2.05, 4.69) is 26.9 Å². The lowest BCUT2D eigenvalue weighted by Gasteiger charge is -2.32. The number of nitrogens with zero attached hydrogens (tertiary/aromatic N) is 4.